The molecule has 0 fully saturated rings. The molecule has 1 heterocycles. The summed E-state index contributed by atoms with van der Waals surface area (Å²) in [5.41, 5.74) is 5.10. The zero-order chi connectivity index (χ0) is 20.6. The van der Waals surface area contributed by atoms with Crippen molar-refractivity contribution in [1.82, 2.24) is 25.9 Å². The Balaban J connectivity index is 1.31. The number of benzene rings is 3. The summed E-state index contributed by atoms with van der Waals surface area (Å²) < 4.78 is 5.22. The topological polar surface area (TPSA) is 92.8 Å². The fraction of sp³-hybridized carbons (Fsp3) is 0.130. The third-order valence-corrected chi connectivity index (χ3v) is 4.67. The van der Waals surface area contributed by atoms with E-state index >= 15 is 0 Å². The summed E-state index contributed by atoms with van der Waals surface area (Å²) in [5.74, 6) is 0.563. The average Bonchev–Trinajstić information content (AvgIpc) is 3.34. The van der Waals surface area contributed by atoms with Crippen LogP contribution in [-0.2, 0) is 17.8 Å². The predicted molar refractivity (Wildman–Crippen MR) is 113 cm³/mol. The maximum Gasteiger partial charge on any atom is 0.407 e. The van der Waals surface area contributed by atoms with Gasteiger partial charge in [-0.15, -0.1) is 10.2 Å². The van der Waals surface area contributed by atoms with Gasteiger partial charge in [-0.05, 0) is 33.9 Å². The van der Waals surface area contributed by atoms with Gasteiger partial charge in [0, 0.05) is 12.1 Å². The van der Waals surface area contributed by atoms with E-state index < -0.39 is 6.09 Å². The van der Waals surface area contributed by atoms with Crippen LogP contribution in [0.3, 0.4) is 0 Å². The first-order valence-corrected chi connectivity index (χ1v) is 9.66. The number of rotatable bonds is 7. The molecule has 0 atom stereocenters. The fourth-order valence-electron chi connectivity index (χ4n) is 3.14. The number of hydrogen-bond acceptors (Lipinski definition) is 5. The summed E-state index contributed by atoms with van der Waals surface area (Å²) in [4.78, 5) is 11.8. The number of amides is 1. The zero-order valence-electron chi connectivity index (χ0n) is 16.3. The lowest BCUT2D eigenvalue weighted by Crippen LogP contribution is -2.26. The molecule has 1 aromatic heterocycles. The number of nitrogens with zero attached hydrogens (tertiary/aromatic N) is 3. The molecule has 4 aromatic rings. The van der Waals surface area contributed by atoms with Crippen molar-refractivity contribution in [2.24, 2.45) is 0 Å². The first kappa shape index (κ1) is 19.3. The molecule has 0 aliphatic carbocycles. The number of H-pyrrole nitrogens is 1. The van der Waals surface area contributed by atoms with Gasteiger partial charge in [0.15, 0.2) is 0 Å². The summed E-state index contributed by atoms with van der Waals surface area (Å²) in [6.45, 7) is 0.771. The molecule has 0 radical (unpaired) electrons. The number of alkyl carbamates (subject to hydrolysis) is 1. The minimum absolute atomic E-state index is 0.265. The van der Waals surface area contributed by atoms with E-state index in [2.05, 4.69) is 50.2 Å². The van der Waals surface area contributed by atoms with Crippen molar-refractivity contribution in [3.63, 3.8) is 0 Å². The highest BCUT2D eigenvalue weighted by atomic mass is 16.5. The minimum Gasteiger partial charge on any atom is -0.445 e. The summed E-state index contributed by atoms with van der Waals surface area (Å²) in [7, 11) is 0. The molecular weight excluding hydrogens is 378 g/mol. The smallest absolute Gasteiger partial charge is 0.407 e. The van der Waals surface area contributed by atoms with Crippen molar-refractivity contribution in [2.45, 2.75) is 13.0 Å². The van der Waals surface area contributed by atoms with Crippen LogP contribution in [-0.4, -0.2) is 33.3 Å². The Morgan fingerprint density at radius 3 is 2.33 bits per heavy atom. The second kappa shape index (κ2) is 9.47. The Morgan fingerprint density at radius 1 is 0.867 bits per heavy atom. The number of nitrogens with one attached hydrogen (secondary N) is 2. The van der Waals surface area contributed by atoms with Gasteiger partial charge in [0.1, 0.15) is 6.61 Å². The van der Waals surface area contributed by atoms with E-state index in [1.165, 1.54) is 0 Å². The molecule has 0 saturated heterocycles. The van der Waals surface area contributed by atoms with Gasteiger partial charge in [-0.1, -0.05) is 78.9 Å². The highest BCUT2D eigenvalue weighted by molar-refractivity contribution is 5.80. The number of carbonyl (C=O) groups is 1. The highest BCUT2D eigenvalue weighted by Crippen LogP contribution is 2.29. The monoisotopic (exact) mass is 399 g/mol. The SMILES string of the molecule is O=C(NCCc1ccc(-c2ccccc2-c2nn[nH]n2)cc1)OCc1ccccc1. The van der Waals surface area contributed by atoms with E-state index in [1.807, 2.05) is 54.6 Å². The van der Waals surface area contributed by atoms with Crippen LogP contribution in [0.25, 0.3) is 22.5 Å². The molecule has 30 heavy (non-hydrogen) atoms. The van der Waals surface area contributed by atoms with E-state index in [1.54, 1.807) is 0 Å². The molecule has 150 valence electrons. The lowest BCUT2D eigenvalue weighted by molar-refractivity contribution is 0.140. The molecule has 3 aromatic carbocycles. The van der Waals surface area contributed by atoms with E-state index in [0.717, 1.165) is 27.8 Å². The molecule has 7 nitrogen and oxygen atoms in total. The highest BCUT2D eigenvalue weighted by Gasteiger charge is 2.10. The average molecular weight is 399 g/mol. The first-order valence-electron chi connectivity index (χ1n) is 9.66. The summed E-state index contributed by atoms with van der Waals surface area (Å²) in [6, 6.07) is 25.8. The first-order chi connectivity index (χ1) is 14.8. The normalized spacial score (nSPS) is 10.5. The van der Waals surface area contributed by atoms with Crippen molar-refractivity contribution >= 4 is 6.09 Å². The van der Waals surface area contributed by atoms with Gasteiger partial charge >= 0.3 is 6.09 Å². The predicted octanol–water partition coefficient (Wildman–Crippen LogP) is 4.00. The van der Waals surface area contributed by atoms with Gasteiger partial charge in [0.05, 0.1) is 0 Å². The number of aromatic nitrogens is 4. The van der Waals surface area contributed by atoms with Crippen molar-refractivity contribution in [3.8, 4) is 22.5 Å². The van der Waals surface area contributed by atoms with Crippen molar-refractivity contribution in [2.75, 3.05) is 6.54 Å². The van der Waals surface area contributed by atoms with Gasteiger partial charge in [0.2, 0.25) is 5.82 Å². The molecule has 0 aliphatic rings. The summed E-state index contributed by atoms with van der Waals surface area (Å²) >= 11 is 0. The Bertz CT molecular complexity index is 1080. The number of hydrogen-bond donors (Lipinski definition) is 2. The molecule has 0 saturated carbocycles. The number of tetrazole rings is 1. The molecule has 2 N–H and O–H groups in total. The number of ether oxygens (including phenoxy) is 1. The Morgan fingerprint density at radius 2 is 1.60 bits per heavy atom. The summed E-state index contributed by atoms with van der Waals surface area (Å²) in [6.07, 6.45) is 0.303. The maximum absolute atomic E-state index is 11.8. The maximum atomic E-state index is 11.8. The lowest BCUT2D eigenvalue weighted by atomic mass is 9.98. The largest absolute Gasteiger partial charge is 0.445 e. The second-order valence-electron chi connectivity index (χ2n) is 6.72. The molecule has 0 spiro atoms. The standard InChI is InChI=1S/C23H21N5O2/c29-23(30-16-18-6-2-1-3-7-18)24-15-14-17-10-12-19(13-11-17)20-8-4-5-9-21(20)22-25-27-28-26-22/h1-13H,14-16H2,(H,24,29)(H,25,26,27,28). The van der Waals surface area contributed by atoms with E-state index in [0.29, 0.717) is 18.8 Å². The van der Waals surface area contributed by atoms with Gasteiger partial charge in [-0.2, -0.15) is 5.21 Å². The van der Waals surface area contributed by atoms with Crippen molar-refractivity contribution in [3.05, 3.63) is 90.0 Å². The van der Waals surface area contributed by atoms with E-state index in [-0.39, 0.29) is 6.61 Å². The van der Waals surface area contributed by atoms with Gasteiger partial charge < -0.3 is 10.1 Å². The van der Waals surface area contributed by atoms with Crippen LogP contribution in [0, 0.1) is 0 Å². The number of carbonyl (C=O) groups excluding carboxylic acids is 1. The van der Waals surface area contributed by atoms with Crippen LogP contribution in [0.15, 0.2) is 78.9 Å². The van der Waals surface area contributed by atoms with Crippen molar-refractivity contribution < 1.29 is 9.53 Å². The summed E-state index contributed by atoms with van der Waals surface area (Å²) in [5, 5.41) is 17.1. The molecule has 0 aliphatic heterocycles. The second-order valence-corrected chi connectivity index (χ2v) is 6.72. The fourth-order valence-corrected chi connectivity index (χ4v) is 3.14. The molecule has 0 unspecified atom stereocenters. The van der Waals surface area contributed by atoms with Crippen LogP contribution in [0.2, 0.25) is 0 Å². The Labute approximate surface area is 174 Å². The van der Waals surface area contributed by atoms with Gasteiger partial charge in [-0.3, -0.25) is 0 Å². The van der Waals surface area contributed by atoms with E-state index in [4.69, 9.17) is 4.74 Å². The van der Waals surface area contributed by atoms with Gasteiger partial charge in [0.25, 0.3) is 0 Å². The lowest BCUT2D eigenvalue weighted by Gasteiger charge is -2.09. The third-order valence-electron chi connectivity index (χ3n) is 4.67. The quantitative estimate of drug-likeness (QED) is 0.490. The Kier molecular flexibility index (Phi) is 6.10. The van der Waals surface area contributed by atoms with E-state index in [9.17, 15) is 4.79 Å². The van der Waals surface area contributed by atoms with Crippen LogP contribution in [0.4, 0.5) is 4.79 Å². The third kappa shape index (κ3) is 4.88. The van der Waals surface area contributed by atoms with Crippen LogP contribution < -0.4 is 5.32 Å². The molecule has 0 bridgehead atoms. The number of aromatic amines is 1. The van der Waals surface area contributed by atoms with Crippen LogP contribution in [0.5, 0.6) is 0 Å². The molecular formula is C23H21N5O2. The molecule has 4 rings (SSSR count). The van der Waals surface area contributed by atoms with Crippen LogP contribution in [0.1, 0.15) is 11.1 Å². The Hall–Kier alpha value is -4.00. The molecule has 1 amide bonds. The van der Waals surface area contributed by atoms with Crippen molar-refractivity contribution in [1.29, 1.82) is 0 Å². The van der Waals surface area contributed by atoms with Gasteiger partial charge in [-0.25, -0.2) is 4.79 Å². The van der Waals surface area contributed by atoms with Crippen LogP contribution >= 0.6 is 0 Å². The molecule has 7 heteroatoms. The zero-order valence-corrected chi connectivity index (χ0v) is 16.3. The minimum atomic E-state index is -0.412.